The number of carbonyl (C=O) groups excluding carboxylic acids is 1. The molecular weight excluding hydrogens is 300 g/mol. The van der Waals surface area contributed by atoms with Crippen molar-refractivity contribution in [2.45, 2.75) is 20.0 Å². The van der Waals surface area contributed by atoms with Crippen LogP contribution in [-0.2, 0) is 0 Å². The van der Waals surface area contributed by atoms with Crippen molar-refractivity contribution in [3.8, 4) is 11.5 Å². The normalized spacial score (nSPS) is 10.9. The summed E-state index contributed by atoms with van der Waals surface area (Å²) in [4.78, 5) is 12.4. The van der Waals surface area contributed by atoms with E-state index < -0.39 is 0 Å². The minimum absolute atomic E-state index is 0.0681. The van der Waals surface area contributed by atoms with Gasteiger partial charge in [-0.2, -0.15) is 5.10 Å². The Hall–Kier alpha value is -2.34. The largest absolute Gasteiger partial charge is 0.493 e. The first-order valence-corrected chi connectivity index (χ1v) is 7.69. The van der Waals surface area contributed by atoms with Gasteiger partial charge < -0.3 is 9.47 Å². The number of hydrogen-bond donors (Lipinski definition) is 1. The van der Waals surface area contributed by atoms with E-state index >= 15 is 0 Å². The van der Waals surface area contributed by atoms with Gasteiger partial charge in [0.25, 0.3) is 5.91 Å². The van der Waals surface area contributed by atoms with E-state index in [1.165, 1.54) is 11.3 Å². The Morgan fingerprint density at radius 2 is 2.14 bits per heavy atom. The molecule has 1 N–H and O–H groups in total. The minimum Gasteiger partial charge on any atom is -0.493 e. The van der Waals surface area contributed by atoms with Crippen LogP contribution in [0.4, 0.5) is 0 Å². The molecule has 2 rings (SSSR count). The molecule has 0 aliphatic heterocycles. The number of thiophene rings is 1. The summed E-state index contributed by atoms with van der Waals surface area (Å²) in [5.74, 6) is 1.08. The van der Waals surface area contributed by atoms with Crippen LogP contribution in [0.5, 0.6) is 11.5 Å². The second kappa shape index (κ2) is 7.61. The number of amides is 1. The Labute approximate surface area is 133 Å². The maximum absolute atomic E-state index is 11.7. The molecule has 2 aromatic rings. The Morgan fingerprint density at radius 3 is 2.77 bits per heavy atom. The lowest BCUT2D eigenvalue weighted by molar-refractivity contribution is 0.0959. The van der Waals surface area contributed by atoms with Crippen molar-refractivity contribution in [3.63, 3.8) is 0 Å². The van der Waals surface area contributed by atoms with E-state index in [1.54, 1.807) is 25.5 Å². The lowest BCUT2D eigenvalue weighted by atomic mass is 10.2. The Balaban J connectivity index is 2.03. The van der Waals surface area contributed by atoms with Crippen LogP contribution in [0, 0.1) is 0 Å². The van der Waals surface area contributed by atoms with Gasteiger partial charge in [-0.05, 0) is 49.1 Å². The summed E-state index contributed by atoms with van der Waals surface area (Å²) >= 11 is 1.37. The molecule has 0 radical (unpaired) electrons. The third-order valence-corrected chi connectivity index (χ3v) is 3.54. The fraction of sp³-hybridized carbons (Fsp3) is 0.250. The highest BCUT2D eigenvalue weighted by atomic mass is 32.1. The van der Waals surface area contributed by atoms with Crippen LogP contribution in [0.25, 0.3) is 0 Å². The molecule has 0 spiro atoms. The van der Waals surface area contributed by atoms with Gasteiger partial charge in [0.1, 0.15) is 0 Å². The molecule has 0 fully saturated rings. The first-order valence-electron chi connectivity index (χ1n) is 6.81. The van der Waals surface area contributed by atoms with E-state index in [2.05, 4.69) is 10.5 Å². The number of nitrogens with one attached hydrogen (secondary N) is 1. The number of ether oxygens (including phenoxy) is 2. The van der Waals surface area contributed by atoms with Gasteiger partial charge in [0, 0.05) is 0 Å². The van der Waals surface area contributed by atoms with Gasteiger partial charge in [-0.3, -0.25) is 4.79 Å². The molecule has 0 bridgehead atoms. The van der Waals surface area contributed by atoms with Gasteiger partial charge in [-0.1, -0.05) is 6.07 Å². The first kappa shape index (κ1) is 16.0. The molecule has 5 nitrogen and oxygen atoms in total. The molecule has 0 aliphatic carbocycles. The van der Waals surface area contributed by atoms with Crippen molar-refractivity contribution in [2.75, 3.05) is 7.11 Å². The monoisotopic (exact) mass is 318 g/mol. The van der Waals surface area contributed by atoms with Gasteiger partial charge in [0.2, 0.25) is 0 Å². The van der Waals surface area contributed by atoms with Crippen LogP contribution >= 0.6 is 11.3 Å². The topological polar surface area (TPSA) is 59.9 Å². The smallest absolute Gasteiger partial charge is 0.281 e. The average molecular weight is 318 g/mol. The van der Waals surface area contributed by atoms with E-state index in [0.717, 1.165) is 5.56 Å². The summed E-state index contributed by atoms with van der Waals surface area (Å²) in [6.07, 6.45) is 1.63. The fourth-order valence-corrected chi connectivity index (χ4v) is 2.36. The summed E-state index contributed by atoms with van der Waals surface area (Å²) in [6, 6.07) is 9.04. The molecule has 0 atom stereocenters. The van der Waals surface area contributed by atoms with Gasteiger partial charge in [0.05, 0.1) is 24.3 Å². The van der Waals surface area contributed by atoms with Crippen molar-refractivity contribution in [1.82, 2.24) is 5.43 Å². The quantitative estimate of drug-likeness (QED) is 0.656. The van der Waals surface area contributed by atoms with E-state index in [4.69, 9.17) is 9.47 Å². The fourth-order valence-electron chi connectivity index (χ4n) is 1.74. The Kier molecular flexibility index (Phi) is 5.55. The molecular formula is C16H18N2O3S. The van der Waals surface area contributed by atoms with Crippen LogP contribution in [0.2, 0.25) is 0 Å². The van der Waals surface area contributed by atoms with Crippen LogP contribution in [-0.4, -0.2) is 25.3 Å². The third kappa shape index (κ3) is 4.33. The Morgan fingerprint density at radius 1 is 1.32 bits per heavy atom. The maximum atomic E-state index is 11.7. The van der Waals surface area contributed by atoms with Crippen LogP contribution in [0.3, 0.4) is 0 Å². The predicted octanol–water partition coefficient (Wildman–Crippen LogP) is 3.31. The molecule has 1 aromatic heterocycles. The molecule has 0 aliphatic rings. The van der Waals surface area contributed by atoms with Crippen molar-refractivity contribution >= 4 is 23.5 Å². The molecule has 0 saturated heterocycles. The molecule has 6 heteroatoms. The maximum Gasteiger partial charge on any atom is 0.281 e. The zero-order chi connectivity index (χ0) is 15.9. The van der Waals surface area contributed by atoms with E-state index in [1.807, 2.05) is 37.4 Å². The average Bonchev–Trinajstić information content (AvgIpc) is 3.02. The standard InChI is InChI=1S/C16H18N2O3S/c1-11(2)21-13-7-6-12(9-14(13)20-3)10-17-18-16(19)15-5-4-8-22-15/h4-11H,1-3H3,(H,18,19)/b17-10+. The molecule has 1 amide bonds. The van der Waals surface area contributed by atoms with Gasteiger partial charge in [-0.25, -0.2) is 5.43 Å². The van der Waals surface area contributed by atoms with Crippen molar-refractivity contribution < 1.29 is 14.3 Å². The molecule has 22 heavy (non-hydrogen) atoms. The summed E-state index contributed by atoms with van der Waals surface area (Å²) in [5, 5.41) is 5.79. The van der Waals surface area contributed by atoms with Crippen LogP contribution < -0.4 is 14.9 Å². The first-order chi connectivity index (χ1) is 10.6. The van der Waals surface area contributed by atoms with Crippen LogP contribution in [0.15, 0.2) is 40.8 Å². The number of benzene rings is 1. The van der Waals surface area contributed by atoms with E-state index in [0.29, 0.717) is 16.4 Å². The zero-order valence-electron chi connectivity index (χ0n) is 12.7. The molecule has 0 saturated carbocycles. The number of carbonyl (C=O) groups is 1. The second-order valence-corrected chi connectivity index (χ2v) is 5.70. The molecule has 116 valence electrons. The second-order valence-electron chi connectivity index (χ2n) is 4.75. The number of hydrogen-bond acceptors (Lipinski definition) is 5. The molecule has 1 aromatic carbocycles. The lowest BCUT2D eigenvalue weighted by Crippen LogP contribution is -2.16. The summed E-state index contributed by atoms with van der Waals surface area (Å²) < 4.78 is 10.9. The number of methoxy groups -OCH3 is 1. The highest BCUT2D eigenvalue weighted by molar-refractivity contribution is 7.12. The van der Waals surface area contributed by atoms with Crippen molar-refractivity contribution in [2.24, 2.45) is 5.10 Å². The zero-order valence-corrected chi connectivity index (χ0v) is 13.5. The number of nitrogens with zero attached hydrogens (tertiary/aromatic N) is 1. The highest BCUT2D eigenvalue weighted by Gasteiger charge is 2.07. The van der Waals surface area contributed by atoms with Crippen LogP contribution in [0.1, 0.15) is 29.1 Å². The van der Waals surface area contributed by atoms with E-state index in [-0.39, 0.29) is 12.0 Å². The summed E-state index contributed by atoms with van der Waals surface area (Å²) in [7, 11) is 1.59. The number of hydrazone groups is 1. The van der Waals surface area contributed by atoms with Gasteiger partial charge in [-0.15, -0.1) is 11.3 Å². The minimum atomic E-state index is -0.224. The SMILES string of the molecule is COc1cc(/C=N/NC(=O)c2cccs2)ccc1OC(C)C. The molecule has 0 unspecified atom stereocenters. The van der Waals surface area contributed by atoms with Gasteiger partial charge >= 0.3 is 0 Å². The van der Waals surface area contributed by atoms with Crippen molar-refractivity contribution in [1.29, 1.82) is 0 Å². The highest BCUT2D eigenvalue weighted by Crippen LogP contribution is 2.28. The van der Waals surface area contributed by atoms with Gasteiger partial charge in [0.15, 0.2) is 11.5 Å². The lowest BCUT2D eigenvalue weighted by Gasteiger charge is -2.13. The third-order valence-electron chi connectivity index (χ3n) is 2.68. The summed E-state index contributed by atoms with van der Waals surface area (Å²) in [6.45, 7) is 3.91. The van der Waals surface area contributed by atoms with Crippen molar-refractivity contribution in [3.05, 3.63) is 46.2 Å². The Bertz CT molecular complexity index is 651. The molecule has 1 heterocycles. The predicted molar refractivity (Wildman–Crippen MR) is 88.1 cm³/mol. The van der Waals surface area contributed by atoms with E-state index in [9.17, 15) is 4.79 Å². The summed E-state index contributed by atoms with van der Waals surface area (Å²) in [5.41, 5.74) is 3.29. The number of rotatable bonds is 6.